The fourth-order valence-electron chi connectivity index (χ4n) is 2.30. The van der Waals surface area contributed by atoms with Gasteiger partial charge in [-0.05, 0) is 24.3 Å². The molecule has 0 unspecified atom stereocenters. The van der Waals surface area contributed by atoms with Gasteiger partial charge in [-0.3, -0.25) is 9.59 Å². The number of benzene rings is 1. The Morgan fingerprint density at radius 3 is 2.52 bits per heavy atom. The van der Waals surface area contributed by atoms with Crippen LogP contribution in [0.4, 0.5) is 0 Å². The summed E-state index contributed by atoms with van der Waals surface area (Å²) in [7, 11) is -1.25. The molecule has 0 aliphatic carbocycles. The van der Waals surface area contributed by atoms with Crippen molar-refractivity contribution in [3.63, 3.8) is 0 Å². The smallest absolute Gasteiger partial charge is 0.307 e. The normalized spacial score (nSPS) is 19.0. The number of esters is 1. The summed E-state index contributed by atoms with van der Waals surface area (Å²) < 4.78 is 36.1. The molecule has 0 radical (unpaired) electrons. The second-order valence-corrected chi connectivity index (χ2v) is 6.77. The van der Waals surface area contributed by atoms with Crippen LogP contribution in [0.2, 0.25) is 0 Å². The number of hydrogen-bond acceptors (Lipinski definition) is 6. The number of nitrogens with one attached hydrogen (secondary N) is 1. The van der Waals surface area contributed by atoms with Crippen molar-refractivity contribution in [1.29, 1.82) is 0 Å². The van der Waals surface area contributed by atoms with Gasteiger partial charge in [-0.15, -0.1) is 0 Å². The van der Waals surface area contributed by atoms with Crippen LogP contribution in [0, 0.1) is 0 Å². The second-order valence-electron chi connectivity index (χ2n) is 4.88. The molecule has 1 aliphatic heterocycles. The van der Waals surface area contributed by atoms with E-state index in [-0.39, 0.29) is 24.4 Å². The van der Waals surface area contributed by atoms with Gasteiger partial charge in [0.1, 0.15) is 11.8 Å². The number of rotatable bonds is 5. The summed E-state index contributed by atoms with van der Waals surface area (Å²) in [6.45, 7) is 0.271. The van der Waals surface area contributed by atoms with Crippen LogP contribution in [0.5, 0.6) is 5.75 Å². The Bertz CT molecular complexity index is 686. The Balaban J connectivity index is 2.33. The van der Waals surface area contributed by atoms with E-state index in [0.717, 1.165) is 4.31 Å². The topological polar surface area (TPSA) is 102 Å². The van der Waals surface area contributed by atoms with Crippen LogP contribution in [-0.4, -0.2) is 58.0 Å². The molecule has 126 valence electrons. The highest BCUT2D eigenvalue weighted by molar-refractivity contribution is 7.89. The number of amides is 1. The standard InChI is InChI=1S/C14H18N2O6S/c1-21-10-3-5-11(6-4-10)23(19,20)16-8-7-15-14(18)12(16)9-13(17)22-2/h3-6,12H,7-9H2,1-2H3,(H,15,18)/t12-/m0/s1. The molecule has 0 spiro atoms. The largest absolute Gasteiger partial charge is 0.497 e. The van der Waals surface area contributed by atoms with Crippen molar-refractivity contribution in [1.82, 2.24) is 9.62 Å². The highest BCUT2D eigenvalue weighted by atomic mass is 32.2. The third-order valence-electron chi connectivity index (χ3n) is 3.54. The van der Waals surface area contributed by atoms with Crippen molar-refractivity contribution in [2.75, 3.05) is 27.3 Å². The van der Waals surface area contributed by atoms with Crippen LogP contribution in [0.1, 0.15) is 6.42 Å². The molecule has 2 rings (SSSR count). The summed E-state index contributed by atoms with van der Waals surface area (Å²) in [6.07, 6.45) is -0.336. The predicted molar refractivity (Wildman–Crippen MR) is 80.3 cm³/mol. The number of piperazine rings is 1. The summed E-state index contributed by atoms with van der Waals surface area (Å²) in [5.74, 6) is -0.646. The van der Waals surface area contributed by atoms with Gasteiger partial charge in [0.25, 0.3) is 0 Å². The van der Waals surface area contributed by atoms with Gasteiger partial charge in [-0.25, -0.2) is 8.42 Å². The van der Waals surface area contributed by atoms with E-state index in [9.17, 15) is 18.0 Å². The first-order valence-corrected chi connectivity index (χ1v) is 8.34. The fraction of sp³-hybridized carbons (Fsp3) is 0.429. The quantitative estimate of drug-likeness (QED) is 0.740. The molecule has 1 fully saturated rings. The molecule has 1 aromatic carbocycles. The molecule has 0 bridgehead atoms. The number of hydrogen-bond donors (Lipinski definition) is 1. The minimum atomic E-state index is -3.91. The van der Waals surface area contributed by atoms with Crippen molar-refractivity contribution in [3.8, 4) is 5.75 Å². The first-order chi connectivity index (χ1) is 10.9. The second kappa shape index (κ2) is 6.97. The van der Waals surface area contributed by atoms with Crippen molar-refractivity contribution in [2.45, 2.75) is 17.4 Å². The Labute approximate surface area is 134 Å². The number of ether oxygens (including phenoxy) is 2. The maximum absolute atomic E-state index is 12.8. The molecule has 23 heavy (non-hydrogen) atoms. The lowest BCUT2D eigenvalue weighted by Gasteiger charge is -2.33. The Morgan fingerprint density at radius 1 is 1.30 bits per heavy atom. The van der Waals surface area contributed by atoms with Gasteiger partial charge in [0.15, 0.2) is 0 Å². The molecule has 0 saturated carbocycles. The lowest BCUT2D eigenvalue weighted by molar-refractivity contribution is -0.144. The third-order valence-corrected chi connectivity index (χ3v) is 5.46. The zero-order chi connectivity index (χ0) is 17.0. The van der Waals surface area contributed by atoms with Gasteiger partial charge < -0.3 is 14.8 Å². The molecule has 1 N–H and O–H groups in total. The monoisotopic (exact) mass is 342 g/mol. The van der Waals surface area contributed by atoms with Crippen LogP contribution in [-0.2, 0) is 24.3 Å². The molecule has 1 saturated heterocycles. The zero-order valence-corrected chi connectivity index (χ0v) is 13.6. The lowest BCUT2D eigenvalue weighted by Crippen LogP contribution is -2.57. The average Bonchev–Trinajstić information content (AvgIpc) is 2.56. The van der Waals surface area contributed by atoms with Gasteiger partial charge >= 0.3 is 5.97 Å². The maximum atomic E-state index is 12.8. The molecule has 8 nitrogen and oxygen atoms in total. The van der Waals surface area contributed by atoms with Gasteiger partial charge in [0, 0.05) is 13.1 Å². The van der Waals surface area contributed by atoms with E-state index in [2.05, 4.69) is 10.1 Å². The van der Waals surface area contributed by atoms with E-state index in [1.165, 1.54) is 38.5 Å². The van der Waals surface area contributed by atoms with Crippen molar-refractivity contribution < 1.29 is 27.5 Å². The van der Waals surface area contributed by atoms with Gasteiger partial charge in [0.05, 0.1) is 25.5 Å². The predicted octanol–water partition coefficient (Wildman–Crippen LogP) is -0.253. The van der Waals surface area contributed by atoms with E-state index < -0.39 is 27.9 Å². The average molecular weight is 342 g/mol. The summed E-state index contributed by atoms with van der Waals surface area (Å²) in [5, 5.41) is 2.56. The lowest BCUT2D eigenvalue weighted by atomic mass is 10.1. The number of sulfonamides is 1. The molecule has 1 heterocycles. The minimum Gasteiger partial charge on any atom is -0.497 e. The maximum Gasteiger partial charge on any atom is 0.307 e. The SMILES string of the molecule is COC(=O)C[C@H]1C(=O)NCCN1S(=O)(=O)c1ccc(OC)cc1. The molecule has 1 amide bonds. The van der Waals surface area contributed by atoms with Crippen LogP contribution >= 0.6 is 0 Å². The summed E-state index contributed by atoms with van der Waals surface area (Å²) >= 11 is 0. The van der Waals surface area contributed by atoms with E-state index in [1.807, 2.05) is 0 Å². The first kappa shape index (κ1) is 17.2. The minimum absolute atomic E-state index is 0.0304. The summed E-state index contributed by atoms with van der Waals surface area (Å²) in [6, 6.07) is 4.72. The van der Waals surface area contributed by atoms with Gasteiger partial charge in [-0.2, -0.15) is 4.31 Å². The summed E-state index contributed by atoms with van der Waals surface area (Å²) in [5.41, 5.74) is 0. The Morgan fingerprint density at radius 2 is 1.96 bits per heavy atom. The summed E-state index contributed by atoms with van der Waals surface area (Å²) in [4.78, 5) is 23.5. The Kier molecular flexibility index (Phi) is 5.22. The Hall–Kier alpha value is -2.13. The molecule has 1 aromatic rings. The van der Waals surface area contributed by atoms with E-state index >= 15 is 0 Å². The molecule has 9 heteroatoms. The van der Waals surface area contributed by atoms with Crippen LogP contribution in [0.3, 0.4) is 0 Å². The fourth-order valence-corrected chi connectivity index (χ4v) is 3.89. The zero-order valence-electron chi connectivity index (χ0n) is 12.8. The van der Waals surface area contributed by atoms with E-state index in [0.29, 0.717) is 5.75 Å². The molecular formula is C14H18N2O6S. The molecule has 1 atom stereocenters. The molecule has 1 aliphatic rings. The van der Waals surface area contributed by atoms with E-state index in [1.54, 1.807) is 0 Å². The third kappa shape index (κ3) is 3.62. The molecule has 0 aromatic heterocycles. The number of carbonyl (C=O) groups excluding carboxylic acids is 2. The highest BCUT2D eigenvalue weighted by Gasteiger charge is 2.39. The highest BCUT2D eigenvalue weighted by Crippen LogP contribution is 2.23. The first-order valence-electron chi connectivity index (χ1n) is 6.90. The number of nitrogens with zero attached hydrogens (tertiary/aromatic N) is 1. The van der Waals surface area contributed by atoms with Crippen molar-refractivity contribution in [3.05, 3.63) is 24.3 Å². The number of carbonyl (C=O) groups is 2. The number of methoxy groups -OCH3 is 2. The van der Waals surface area contributed by atoms with Gasteiger partial charge in [-0.1, -0.05) is 0 Å². The van der Waals surface area contributed by atoms with E-state index in [4.69, 9.17) is 4.74 Å². The van der Waals surface area contributed by atoms with Crippen molar-refractivity contribution in [2.24, 2.45) is 0 Å². The van der Waals surface area contributed by atoms with Crippen molar-refractivity contribution >= 4 is 21.9 Å². The van der Waals surface area contributed by atoms with Crippen LogP contribution in [0.15, 0.2) is 29.2 Å². The van der Waals surface area contributed by atoms with Crippen LogP contribution < -0.4 is 10.1 Å². The molecular weight excluding hydrogens is 324 g/mol. The van der Waals surface area contributed by atoms with Crippen LogP contribution in [0.25, 0.3) is 0 Å². The van der Waals surface area contributed by atoms with Gasteiger partial charge in [0.2, 0.25) is 15.9 Å².